The zero-order chi connectivity index (χ0) is 13.0. The molecule has 18 heavy (non-hydrogen) atoms. The summed E-state index contributed by atoms with van der Waals surface area (Å²) in [4.78, 5) is 2.64. The molecule has 1 saturated carbocycles. The lowest BCUT2D eigenvalue weighted by Gasteiger charge is -2.34. The molecule has 2 aliphatic rings. The van der Waals surface area contributed by atoms with Gasteiger partial charge in [0.1, 0.15) is 0 Å². The number of hydrogen-bond acceptors (Lipinski definition) is 2. The van der Waals surface area contributed by atoms with Gasteiger partial charge in [-0.25, -0.2) is 0 Å². The van der Waals surface area contributed by atoms with Crippen molar-refractivity contribution in [1.82, 2.24) is 10.2 Å². The van der Waals surface area contributed by atoms with Gasteiger partial charge in [0.25, 0.3) is 0 Å². The van der Waals surface area contributed by atoms with E-state index in [2.05, 4.69) is 31.0 Å². The van der Waals surface area contributed by atoms with Crippen molar-refractivity contribution in [1.29, 1.82) is 0 Å². The molecule has 0 aromatic carbocycles. The lowest BCUT2D eigenvalue weighted by atomic mass is 9.98. The van der Waals surface area contributed by atoms with E-state index in [-0.39, 0.29) is 0 Å². The molecule has 2 fully saturated rings. The van der Waals surface area contributed by atoms with E-state index >= 15 is 0 Å². The van der Waals surface area contributed by atoms with Crippen LogP contribution in [0.5, 0.6) is 0 Å². The van der Waals surface area contributed by atoms with Crippen LogP contribution in [-0.2, 0) is 0 Å². The second kappa shape index (κ2) is 6.38. The summed E-state index contributed by atoms with van der Waals surface area (Å²) < 4.78 is 0. The standard InChI is InChI=1S/C16H32N2/c1-4-7-16(8-9-16)13-17-15-5-10-18(11-6-15)12-14(2)3/h14-15,17H,4-13H2,1-3H3. The van der Waals surface area contributed by atoms with Crippen LogP contribution in [0.15, 0.2) is 0 Å². The summed E-state index contributed by atoms with van der Waals surface area (Å²) in [6, 6.07) is 0.794. The maximum atomic E-state index is 3.86. The predicted molar refractivity (Wildman–Crippen MR) is 78.9 cm³/mol. The minimum atomic E-state index is 0.712. The lowest BCUT2D eigenvalue weighted by molar-refractivity contribution is 0.176. The Bertz CT molecular complexity index is 237. The van der Waals surface area contributed by atoms with Gasteiger partial charge < -0.3 is 10.2 Å². The molecule has 106 valence electrons. The minimum Gasteiger partial charge on any atom is -0.313 e. The highest BCUT2D eigenvalue weighted by Crippen LogP contribution is 2.49. The fourth-order valence-corrected chi connectivity index (χ4v) is 3.42. The first-order valence-electron chi connectivity index (χ1n) is 8.09. The molecule has 0 aromatic rings. The highest BCUT2D eigenvalue weighted by molar-refractivity contribution is 4.95. The van der Waals surface area contributed by atoms with E-state index in [0.717, 1.165) is 12.0 Å². The van der Waals surface area contributed by atoms with Crippen LogP contribution in [0.3, 0.4) is 0 Å². The van der Waals surface area contributed by atoms with Crippen molar-refractivity contribution in [2.75, 3.05) is 26.2 Å². The van der Waals surface area contributed by atoms with Gasteiger partial charge in [-0.05, 0) is 56.5 Å². The molecule has 2 heteroatoms. The lowest BCUT2D eigenvalue weighted by Crippen LogP contribution is -2.45. The minimum absolute atomic E-state index is 0.712. The van der Waals surface area contributed by atoms with Crippen molar-refractivity contribution < 1.29 is 0 Å². The molecule has 0 atom stereocenters. The molecular weight excluding hydrogens is 220 g/mol. The zero-order valence-corrected chi connectivity index (χ0v) is 12.7. The average molecular weight is 252 g/mol. The topological polar surface area (TPSA) is 15.3 Å². The number of nitrogens with zero attached hydrogens (tertiary/aromatic N) is 1. The third kappa shape index (κ3) is 4.24. The monoisotopic (exact) mass is 252 g/mol. The molecule has 1 saturated heterocycles. The van der Waals surface area contributed by atoms with Gasteiger partial charge in [0, 0.05) is 19.1 Å². The van der Waals surface area contributed by atoms with Crippen molar-refractivity contribution in [3.8, 4) is 0 Å². The molecule has 1 aliphatic heterocycles. The third-order valence-electron chi connectivity index (χ3n) is 4.71. The number of rotatable bonds is 7. The first-order valence-corrected chi connectivity index (χ1v) is 8.09. The molecular formula is C16H32N2. The quantitative estimate of drug-likeness (QED) is 0.748. The molecule has 0 spiro atoms. The summed E-state index contributed by atoms with van der Waals surface area (Å²) in [6.07, 6.45) is 8.45. The van der Waals surface area contributed by atoms with Gasteiger partial charge in [0.2, 0.25) is 0 Å². The van der Waals surface area contributed by atoms with Crippen LogP contribution in [0.1, 0.15) is 59.3 Å². The van der Waals surface area contributed by atoms with Crippen molar-refractivity contribution in [2.45, 2.75) is 65.3 Å². The molecule has 0 radical (unpaired) electrons. The van der Waals surface area contributed by atoms with Gasteiger partial charge in [-0.1, -0.05) is 27.2 Å². The number of likely N-dealkylation sites (tertiary alicyclic amines) is 1. The average Bonchev–Trinajstić information content (AvgIpc) is 3.09. The smallest absolute Gasteiger partial charge is 0.00916 e. The number of nitrogens with one attached hydrogen (secondary N) is 1. The molecule has 1 N–H and O–H groups in total. The molecule has 0 unspecified atom stereocenters. The SMILES string of the molecule is CCCC1(CNC2CCN(CC(C)C)CC2)CC1. The second-order valence-corrected chi connectivity index (χ2v) is 7.10. The molecule has 2 rings (SSSR count). The Morgan fingerprint density at radius 3 is 2.39 bits per heavy atom. The van der Waals surface area contributed by atoms with Crippen LogP contribution < -0.4 is 5.32 Å². The van der Waals surface area contributed by atoms with E-state index in [1.165, 1.54) is 64.7 Å². The van der Waals surface area contributed by atoms with E-state index in [4.69, 9.17) is 0 Å². The summed E-state index contributed by atoms with van der Waals surface area (Å²) in [5, 5.41) is 3.86. The van der Waals surface area contributed by atoms with Gasteiger partial charge in [-0.15, -0.1) is 0 Å². The van der Waals surface area contributed by atoms with Crippen LogP contribution in [0.25, 0.3) is 0 Å². The van der Waals surface area contributed by atoms with E-state index in [9.17, 15) is 0 Å². The number of hydrogen-bond donors (Lipinski definition) is 1. The Hall–Kier alpha value is -0.0800. The Morgan fingerprint density at radius 2 is 1.89 bits per heavy atom. The Labute approximate surface area is 114 Å². The zero-order valence-electron chi connectivity index (χ0n) is 12.7. The molecule has 1 aliphatic carbocycles. The Balaban J connectivity index is 1.62. The van der Waals surface area contributed by atoms with E-state index < -0.39 is 0 Å². The highest BCUT2D eigenvalue weighted by Gasteiger charge is 2.41. The van der Waals surface area contributed by atoms with Crippen LogP contribution in [-0.4, -0.2) is 37.1 Å². The van der Waals surface area contributed by atoms with Crippen LogP contribution in [0.2, 0.25) is 0 Å². The van der Waals surface area contributed by atoms with Gasteiger partial charge in [0.15, 0.2) is 0 Å². The van der Waals surface area contributed by atoms with E-state index in [1.54, 1.807) is 0 Å². The summed E-state index contributed by atoms with van der Waals surface area (Å²) in [5.74, 6) is 0.814. The largest absolute Gasteiger partial charge is 0.313 e. The van der Waals surface area contributed by atoms with Gasteiger partial charge >= 0.3 is 0 Å². The highest BCUT2D eigenvalue weighted by atomic mass is 15.1. The number of piperidine rings is 1. The van der Waals surface area contributed by atoms with Crippen LogP contribution in [0, 0.1) is 11.3 Å². The predicted octanol–water partition coefficient (Wildman–Crippen LogP) is 3.28. The maximum Gasteiger partial charge on any atom is 0.00916 e. The molecule has 0 amide bonds. The van der Waals surface area contributed by atoms with E-state index in [1.807, 2.05) is 0 Å². The van der Waals surface area contributed by atoms with Gasteiger partial charge in [-0.3, -0.25) is 0 Å². The Morgan fingerprint density at radius 1 is 1.22 bits per heavy atom. The van der Waals surface area contributed by atoms with Gasteiger partial charge in [0.05, 0.1) is 0 Å². The normalized spacial score (nSPS) is 24.7. The maximum absolute atomic E-state index is 3.86. The molecule has 0 bridgehead atoms. The molecule has 2 nitrogen and oxygen atoms in total. The van der Waals surface area contributed by atoms with E-state index in [0.29, 0.717) is 5.41 Å². The first-order chi connectivity index (χ1) is 8.63. The summed E-state index contributed by atoms with van der Waals surface area (Å²) in [5.41, 5.74) is 0.712. The van der Waals surface area contributed by atoms with Crippen molar-refractivity contribution in [2.24, 2.45) is 11.3 Å². The summed E-state index contributed by atoms with van der Waals surface area (Å²) >= 11 is 0. The third-order valence-corrected chi connectivity index (χ3v) is 4.71. The van der Waals surface area contributed by atoms with Crippen LogP contribution in [0.4, 0.5) is 0 Å². The summed E-state index contributed by atoms with van der Waals surface area (Å²) in [6.45, 7) is 12.2. The van der Waals surface area contributed by atoms with Gasteiger partial charge in [-0.2, -0.15) is 0 Å². The summed E-state index contributed by atoms with van der Waals surface area (Å²) in [7, 11) is 0. The van der Waals surface area contributed by atoms with Crippen molar-refractivity contribution >= 4 is 0 Å². The fraction of sp³-hybridized carbons (Fsp3) is 1.00. The fourth-order valence-electron chi connectivity index (χ4n) is 3.42. The second-order valence-electron chi connectivity index (χ2n) is 7.10. The first kappa shape index (κ1) is 14.3. The molecule has 0 aromatic heterocycles. The van der Waals surface area contributed by atoms with Crippen molar-refractivity contribution in [3.63, 3.8) is 0 Å². The van der Waals surface area contributed by atoms with Crippen LogP contribution >= 0.6 is 0 Å². The Kier molecular flexibility index (Phi) is 5.08. The molecule has 1 heterocycles. The van der Waals surface area contributed by atoms with Crippen molar-refractivity contribution in [3.05, 3.63) is 0 Å².